The number of anilines is 1. The van der Waals surface area contributed by atoms with Crippen molar-refractivity contribution in [2.75, 3.05) is 18.0 Å². The van der Waals surface area contributed by atoms with Gasteiger partial charge in [-0.15, -0.1) is 0 Å². The van der Waals surface area contributed by atoms with Gasteiger partial charge in [-0.3, -0.25) is 4.79 Å². The van der Waals surface area contributed by atoms with Gasteiger partial charge < -0.3 is 14.6 Å². The second kappa shape index (κ2) is 5.86. The SMILES string of the molecule is CC1CCc2c(N3CCCCC3)c(F)cc3c(=O)c(C(=O)O)cn1c23. The number of carboxylic acid groups (broad SMARTS) is 1. The Morgan fingerprint density at radius 3 is 2.68 bits per heavy atom. The van der Waals surface area contributed by atoms with Crippen LogP contribution in [0.25, 0.3) is 10.9 Å². The molecule has 1 unspecified atom stereocenters. The summed E-state index contributed by atoms with van der Waals surface area (Å²) in [5, 5.41) is 9.51. The predicted octanol–water partition coefficient (Wildman–Crippen LogP) is 3.34. The number of hydrogen-bond acceptors (Lipinski definition) is 3. The quantitative estimate of drug-likeness (QED) is 0.908. The monoisotopic (exact) mass is 344 g/mol. The largest absolute Gasteiger partial charge is 0.477 e. The molecule has 6 heteroatoms. The molecule has 5 nitrogen and oxygen atoms in total. The van der Waals surface area contributed by atoms with Crippen molar-refractivity contribution in [1.82, 2.24) is 4.57 Å². The van der Waals surface area contributed by atoms with Crippen LogP contribution in [0.3, 0.4) is 0 Å². The molecule has 0 aliphatic carbocycles. The summed E-state index contributed by atoms with van der Waals surface area (Å²) in [5.74, 6) is -1.68. The summed E-state index contributed by atoms with van der Waals surface area (Å²) in [5.41, 5.74) is 1.27. The number of aromatic nitrogens is 1. The van der Waals surface area contributed by atoms with E-state index < -0.39 is 17.2 Å². The van der Waals surface area contributed by atoms with Gasteiger partial charge in [0.15, 0.2) is 0 Å². The third-order valence-corrected chi connectivity index (χ3v) is 5.53. The lowest BCUT2D eigenvalue weighted by atomic mass is 9.93. The lowest BCUT2D eigenvalue weighted by Gasteiger charge is -2.34. The Balaban J connectivity index is 2.06. The minimum absolute atomic E-state index is 0.0772. The number of halogens is 1. The average molecular weight is 344 g/mol. The summed E-state index contributed by atoms with van der Waals surface area (Å²) < 4.78 is 16.8. The molecule has 0 amide bonds. The van der Waals surface area contributed by atoms with Gasteiger partial charge in [-0.2, -0.15) is 0 Å². The summed E-state index contributed by atoms with van der Waals surface area (Å²) in [7, 11) is 0. The fourth-order valence-electron chi connectivity index (χ4n) is 4.25. The second-order valence-electron chi connectivity index (χ2n) is 7.10. The molecule has 1 saturated heterocycles. The van der Waals surface area contributed by atoms with Crippen molar-refractivity contribution < 1.29 is 14.3 Å². The van der Waals surface area contributed by atoms with Crippen LogP contribution in [0.1, 0.15) is 54.6 Å². The van der Waals surface area contributed by atoms with Crippen LogP contribution in [0.5, 0.6) is 0 Å². The Bertz CT molecular complexity index is 929. The van der Waals surface area contributed by atoms with E-state index in [4.69, 9.17) is 0 Å². The Kier molecular flexibility index (Phi) is 3.78. The average Bonchev–Trinajstić information content (AvgIpc) is 2.60. The number of hydrogen-bond donors (Lipinski definition) is 1. The topological polar surface area (TPSA) is 62.5 Å². The lowest BCUT2D eigenvalue weighted by Crippen LogP contribution is -2.33. The molecule has 3 heterocycles. The number of carbonyl (C=O) groups is 1. The van der Waals surface area contributed by atoms with Crippen molar-refractivity contribution in [1.29, 1.82) is 0 Å². The van der Waals surface area contributed by atoms with Crippen molar-refractivity contribution in [2.45, 2.75) is 45.1 Å². The standard InChI is InChI=1S/C19H21FN2O3/c1-11-5-6-12-16-13(18(23)14(19(24)25)10-22(11)16)9-15(20)17(12)21-7-3-2-4-8-21/h9-11H,2-8H2,1H3,(H,24,25). The van der Waals surface area contributed by atoms with Gasteiger partial charge in [-0.1, -0.05) is 0 Å². The van der Waals surface area contributed by atoms with Crippen molar-refractivity contribution in [3.8, 4) is 0 Å². The number of nitrogens with zero attached hydrogens (tertiary/aromatic N) is 2. The Morgan fingerprint density at radius 2 is 2.00 bits per heavy atom. The number of piperidine rings is 1. The molecule has 2 aliphatic rings. The van der Waals surface area contributed by atoms with Gasteiger partial charge in [-0.25, -0.2) is 9.18 Å². The van der Waals surface area contributed by atoms with Crippen LogP contribution in [-0.4, -0.2) is 28.7 Å². The molecule has 1 aromatic heterocycles. The molecular weight excluding hydrogens is 323 g/mol. The van der Waals surface area contributed by atoms with Gasteiger partial charge in [0.1, 0.15) is 11.4 Å². The van der Waals surface area contributed by atoms with Gasteiger partial charge in [0.05, 0.1) is 11.2 Å². The van der Waals surface area contributed by atoms with Crippen molar-refractivity contribution >= 4 is 22.6 Å². The maximum atomic E-state index is 15.0. The number of carboxylic acids is 1. The minimum Gasteiger partial charge on any atom is -0.477 e. The summed E-state index contributed by atoms with van der Waals surface area (Å²) >= 11 is 0. The number of benzene rings is 1. The summed E-state index contributed by atoms with van der Waals surface area (Å²) in [6.45, 7) is 3.65. The summed E-state index contributed by atoms with van der Waals surface area (Å²) in [6.07, 6.45) is 6.17. The van der Waals surface area contributed by atoms with Gasteiger partial charge in [0, 0.05) is 36.3 Å². The van der Waals surface area contributed by atoms with E-state index in [9.17, 15) is 19.1 Å². The van der Waals surface area contributed by atoms with E-state index in [2.05, 4.69) is 4.90 Å². The van der Waals surface area contributed by atoms with Crippen LogP contribution in [-0.2, 0) is 6.42 Å². The minimum atomic E-state index is -1.27. The molecule has 2 aliphatic heterocycles. The number of rotatable bonds is 2. The number of aryl methyl sites for hydroxylation is 1. The highest BCUT2D eigenvalue weighted by molar-refractivity contribution is 5.95. The molecule has 4 rings (SSSR count). The van der Waals surface area contributed by atoms with E-state index in [1.807, 2.05) is 11.5 Å². The van der Waals surface area contributed by atoms with E-state index in [1.54, 1.807) is 0 Å². The zero-order valence-corrected chi connectivity index (χ0v) is 14.2. The third-order valence-electron chi connectivity index (χ3n) is 5.53. The molecule has 0 saturated carbocycles. The summed E-state index contributed by atoms with van der Waals surface area (Å²) in [4.78, 5) is 26.1. The molecule has 25 heavy (non-hydrogen) atoms. The molecule has 2 aromatic rings. The van der Waals surface area contributed by atoms with Crippen LogP contribution in [0, 0.1) is 5.82 Å². The van der Waals surface area contributed by atoms with Crippen LogP contribution in [0.15, 0.2) is 17.1 Å². The Labute approximate surface area is 144 Å². The number of pyridine rings is 1. The molecule has 1 atom stereocenters. The lowest BCUT2D eigenvalue weighted by molar-refractivity contribution is 0.0694. The van der Waals surface area contributed by atoms with E-state index in [0.717, 1.165) is 44.3 Å². The molecule has 132 valence electrons. The highest BCUT2D eigenvalue weighted by Crippen LogP contribution is 2.38. The zero-order valence-electron chi connectivity index (χ0n) is 14.2. The van der Waals surface area contributed by atoms with Crippen molar-refractivity contribution in [3.05, 3.63) is 39.4 Å². The molecule has 0 spiro atoms. The third kappa shape index (κ3) is 2.42. The van der Waals surface area contributed by atoms with Gasteiger partial charge in [-0.05, 0) is 45.1 Å². The Hall–Kier alpha value is -2.37. The number of aromatic carboxylic acids is 1. The fraction of sp³-hybridized carbons (Fsp3) is 0.474. The van der Waals surface area contributed by atoms with Crippen LogP contribution >= 0.6 is 0 Å². The van der Waals surface area contributed by atoms with Gasteiger partial charge in [0.2, 0.25) is 5.43 Å². The highest BCUT2D eigenvalue weighted by Gasteiger charge is 2.28. The summed E-state index contributed by atoms with van der Waals surface area (Å²) in [6, 6.07) is 1.32. The van der Waals surface area contributed by atoms with E-state index in [-0.39, 0.29) is 17.0 Å². The first-order valence-corrected chi connectivity index (χ1v) is 8.87. The van der Waals surface area contributed by atoms with Crippen molar-refractivity contribution in [2.24, 2.45) is 0 Å². The first-order chi connectivity index (χ1) is 12.0. The maximum absolute atomic E-state index is 15.0. The van der Waals surface area contributed by atoms with Crippen LogP contribution in [0.2, 0.25) is 0 Å². The molecule has 0 radical (unpaired) electrons. The van der Waals surface area contributed by atoms with E-state index in [0.29, 0.717) is 17.6 Å². The van der Waals surface area contributed by atoms with E-state index in [1.165, 1.54) is 12.3 Å². The highest BCUT2D eigenvalue weighted by atomic mass is 19.1. The zero-order chi connectivity index (χ0) is 17.7. The molecule has 1 N–H and O–H groups in total. The van der Waals surface area contributed by atoms with Crippen molar-refractivity contribution in [3.63, 3.8) is 0 Å². The predicted molar refractivity (Wildman–Crippen MR) is 94.2 cm³/mol. The molecular formula is C19H21FN2O3. The van der Waals surface area contributed by atoms with E-state index >= 15 is 0 Å². The Morgan fingerprint density at radius 1 is 1.28 bits per heavy atom. The maximum Gasteiger partial charge on any atom is 0.341 e. The van der Waals surface area contributed by atoms with Crippen LogP contribution in [0.4, 0.5) is 10.1 Å². The van der Waals surface area contributed by atoms with Gasteiger partial charge >= 0.3 is 5.97 Å². The molecule has 0 bridgehead atoms. The smallest absolute Gasteiger partial charge is 0.341 e. The normalized spacial score (nSPS) is 20.1. The van der Waals surface area contributed by atoms with Gasteiger partial charge in [0.25, 0.3) is 0 Å². The molecule has 1 fully saturated rings. The molecule has 1 aromatic carbocycles. The fourth-order valence-corrected chi connectivity index (χ4v) is 4.25. The first-order valence-electron chi connectivity index (χ1n) is 8.87. The second-order valence-corrected chi connectivity index (χ2v) is 7.10. The first kappa shape index (κ1) is 16.1. The van der Waals surface area contributed by atoms with Crippen LogP contribution < -0.4 is 10.3 Å².